The molecule has 54 valence electrons. The first-order valence-corrected chi connectivity index (χ1v) is 3.10. The lowest BCUT2D eigenvalue weighted by molar-refractivity contribution is 0.0878. The van der Waals surface area contributed by atoms with Gasteiger partial charge in [0.1, 0.15) is 5.69 Å². The van der Waals surface area contributed by atoms with Gasteiger partial charge >= 0.3 is 0 Å². The Kier molecular flexibility index (Phi) is 1.03. The molecule has 0 atom stereocenters. The fourth-order valence-corrected chi connectivity index (χ4v) is 0.999. The fraction of sp³-hybridized carbons (Fsp3) is 0. The minimum atomic E-state index is -0.411. The lowest BCUT2D eigenvalue weighted by Gasteiger charge is -1.87. The summed E-state index contributed by atoms with van der Waals surface area (Å²) in [7, 11) is 0. The summed E-state index contributed by atoms with van der Waals surface area (Å²) in [6.07, 6.45) is 1.48. The van der Waals surface area contributed by atoms with Crippen LogP contribution in [0.25, 0.3) is 0 Å². The van der Waals surface area contributed by atoms with Crippen molar-refractivity contribution < 1.29 is 9.59 Å². The van der Waals surface area contributed by atoms with Crippen molar-refractivity contribution in [2.75, 3.05) is 0 Å². The normalized spacial score (nSPS) is 14.5. The van der Waals surface area contributed by atoms with Gasteiger partial charge in [-0.1, -0.05) is 0 Å². The van der Waals surface area contributed by atoms with Crippen molar-refractivity contribution in [1.82, 2.24) is 10.3 Å². The van der Waals surface area contributed by atoms with Crippen LogP contribution in [0.1, 0.15) is 20.8 Å². The number of rotatable bonds is 0. The number of fused-ring (bicyclic) bond motifs is 1. The van der Waals surface area contributed by atoms with Crippen LogP contribution in [0.2, 0.25) is 0 Å². The van der Waals surface area contributed by atoms with E-state index in [1.54, 1.807) is 12.1 Å². The number of aromatic nitrogens is 1. The van der Waals surface area contributed by atoms with E-state index in [4.69, 9.17) is 0 Å². The van der Waals surface area contributed by atoms with Crippen LogP contribution < -0.4 is 5.32 Å². The van der Waals surface area contributed by atoms with Crippen molar-refractivity contribution in [3.8, 4) is 0 Å². The average Bonchev–Trinajstić information content (AvgIpc) is 2.30. The largest absolute Gasteiger partial charge is 0.287 e. The molecule has 0 fully saturated rings. The number of nitrogens with zero attached hydrogens (tertiary/aromatic N) is 1. The minimum Gasteiger partial charge on any atom is -0.287 e. The van der Waals surface area contributed by atoms with E-state index in [2.05, 4.69) is 10.3 Å². The molecule has 0 saturated carbocycles. The second kappa shape index (κ2) is 1.88. The highest BCUT2D eigenvalue weighted by atomic mass is 16.2. The highest BCUT2D eigenvalue weighted by Gasteiger charge is 2.26. The van der Waals surface area contributed by atoms with E-state index >= 15 is 0 Å². The van der Waals surface area contributed by atoms with Crippen molar-refractivity contribution in [2.45, 2.75) is 0 Å². The Bertz CT molecular complexity index is 313. The van der Waals surface area contributed by atoms with Crippen molar-refractivity contribution in [3.05, 3.63) is 29.6 Å². The molecule has 4 nitrogen and oxygen atoms in total. The maximum absolute atomic E-state index is 10.9. The van der Waals surface area contributed by atoms with Crippen LogP contribution in [0, 0.1) is 0 Å². The van der Waals surface area contributed by atoms with Crippen LogP contribution in [0.5, 0.6) is 0 Å². The van der Waals surface area contributed by atoms with Crippen molar-refractivity contribution >= 4 is 11.8 Å². The number of imide groups is 1. The smallest absolute Gasteiger partial charge is 0.277 e. The molecule has 0 aliphatic carbocycles. The number of hydrogen-bond donors (Lipinski definition) is 1. The van der Waals surface area contributed by atoms with E-state index in [0.717, 1.165) is 0 Å². The van der Waals surface area contributed by atoms with Gasteiger partial charge in [-0.25, -0.2) is 0 Å². The van der Waals surface area contributed by atoms with Crippen LogP contribution in [0.3, 0.4) is 0 Å². The minimum absolute atomic E-state index is 0.220. The Labute approximate surface area is 62.2 Å². The Morgan fingerprint density at radius 1 is 1.27 bits per heavy atom. The summed E-state index contributed by atoms with van der Waals surface area (Å²) in [5.41, 5.74) is 0.579. The lowest BCUT2D eigenvalue weighted by Crippen LogP contribution is -2.20. The molecule has 2 rings (SSSR count). The van der Waals surface area contributed by atoms with Crippen LogP contribution in [0.4, 0.5) is 0 Å². The average molecular weight is 148 g/mol. The van der Waals surface area contributed by atoms with Gasteiger partial charge in [0.25, 0.3) is 11.8 Å². The van der Waals surface area contributed by atoms with Crippen molar-refractivity contribution in [3.63, 3.8) is 0 Å². The van der Waals surface area contributed by atoms with Gasteiger partial charge in [0.15, 0.2) is 0 Å². The number of nitrogens with one attached hydrogen (secondary N) is 1. The van der Waals surface area contributed by atoms with Crippen molar-refractivity contribution in [1.29, 1.82) is 0 Å². The van der Waals surface area contributed by atoms with Gasteiger partial charge in [-0.15, -0.1) is 0 Å². The summed E-state index contributed by atoms with van der Waals surface area (Å²) in [6.45, 7) is 0. The van der Waals surface area contributed by atoms with Gasteiger partial charge in [-0.3, -0.25) is 19.9 Å². The molecule has 4 heteroatoms. The monoisotopic (exact) mass is 148 g/mol. The summed E-state index contributed by atoms with van der Waals surface area (Å²) in [5.74, 6) is -0.774. The third-order valence-electron chi connectivity index (χ3n) is 1.49. The number of pyridine rings is 1. The molecule has 0 spiro atoms. The van der Waals surface area contributed by atoms with Crippen molar-refractivity contribution in [2.24, 2.45) is 0 Å². The zero-order valence-corrected chi connectivity index (χ0v) is 5.50. The third kappa shape index (κ3) is 0.724. The van der Waals surface area contributed by atoms with Gasteiger partial charge in [0, 0.05) is 6.20 Å². The van der Waals surface area contributed by atoms with E-state index in [9.17, 15) is 9.59 Å². The molecule has 0 bridgehead atoms. The number of hydrogen-bond acceptors (Lipinski definition) is 3. The quantitative estimate of drug-likeness (QED) is 0.525. The van der Waals surface area contributed by atoms with Crippen LogP contribution >= 0.6 is 0 Å². The number of carbonyl (C=O) groups is 2. The van der Waals surface area contributed by atoms with Gasteiger partial charge in [-0.2, -0.15) is 0 Å². The maximum Gasteiger partial charge on any atom is 0.277 e. The number of amides is 2. The zero-order valence-electron chi connectivity index (χ0n) is 5.50. The molecule has 0 saturated heterocycles. The molecule has 1 aliphatic heterocycles. The van der Waals surface area contributed by atoms with E-state index in [1.165, 1.54) is 6.20 Å². The van der Waals surface area contributed by atoms with E-state index in [1.807, 2.05) is 0 Å². The molecule has 1 aliphatic rings. The lowest BCUT2D eigenvalue weighted by atomic mass is 10.2. The van der Waals surface area contributed by atoms with Crippen LogP contribution in [0.15, 0.2) is 18.3 Å². The fourth-order valence-electron chi connectivity index (χ4n) is 0.999. The highest BCUT2D eigenvalue weighted by molar-refractivity contribution is 6.20. The summed E-state index contributed by atoms with van der Waals surface area (Å²) >= 11 is 0. The highest BCUT2D eigenvalue weighted by Crippen LogP contribution is 2.10. The standard InChI is InChI=1S/C7H4N2O2/c10-6-4-2-1-3-8-5(4)7(11)9-6/h1-3H,(H,9,10,11). The van der Waals surface area contributed by atoms with Gasteiger partial charge < -0.3 is 0 Å². The third-order valence-corrected chi connectivity index (χ3v) is 1.49. The molecule has 0 aromatic carbocycles. The molecule has 1 N–H and O–H groups in total. The molecule has 1 aromatic heterocycles. The SMILES string of the molecule is O=C1NC(=O)c2ncccc21. The Hall–Kier alpha value is -1.71. The van der Waals surface area contributed by atoms with E-state index in [-0.39, 0.29) is 11.6 Å². The molecule has 0 unspecified atom stereocenters. The first-order chi connectivity index (χ1) is 5.29. The molecular formula is C7H4N2O2. The van der Waals surface area contributed by atoms with E-state index < -0.39 is 5.91 Å². The topological polar surface area (TPSA) is 59.1 Å². The Morgan fingerprint density at radius 3 is 2.82 bits per heavy atom. The Balaban J connectivity index is 2.69. The number of carbonyl (C=O) groups excluding carboxylic acids is 2. The summed E-state index contributed by atoms with van der Waals surface area (Å²) in [4.78, 5) is 25.5. The first-order valence-electron chi connectivity index (χ1n) is 3.10. The molecule has 11 heavy (non-hydrogen) atoms. The first kappa shape index (κ1) is 6.03. The van der Waals surface area contributed by atoms with Gasteiger partial charge in [0.05, 0.1) is 5.56 Å². The molecular weight excluding hydrogens is 144 g/mol. The second-order valence-electron chi connectivity index (χ2n) is 2.18. The predicted octanol–water partition coefficient (Wildman–Crippen LogP) is -0.0348. The zero-order chi connectivity index (χ0) is 7.84. The summed E-state index contributed by atoms with van der Waals surface area (Å²) in [6, 6.07) is 3.19. The maximum atomic E-state index is 10.9. The second-order valence-corrected chi connectivity index (χ2v) is 2.18. The molecule has 2 amide bonds. The van der Waals surface area contributed by atoms with E-state index in [0.29, 0.717) is 5.56 Å². The summed E-state index contributed by atoms with van der Waals surface area (Å²) in [5, 5.41) is 2.14. The van der Waals surface area contributed by atoms with Crippen LogP contribution in [-0.4, -0.2) is 16.8 Å². The van der Waals surface area contributed by atoms with Gasteiger partial charge in [0.2, 0.25) is 0 Å². The Morgan fingerprint density at radius 2 is 2.09 bits per heavy atom. The van der Waals surface area contributed by atoms with Gasteiger partial charge in [-0.05, 0) is 12.1 Å². The molecule has 2 heterocycles. The van der Waals surface area contributed by atoms with Crippen LogP contribution in [-0.2, 0) is 0 Å². The predicted molar refractivity (Wildman–Crippen MR) is 36.0 cm³/mol. The molecule has 0 radical (unpaired) electrons. The molecule has 1 aromatic rings. The summed E-state index contributed by atoms with van der Waals surface area (Å²) < 4.78 is 0.